The summed E-state index contributed by atoms with van der Waals surface area (Å²) in [6, 6.07) is 2.02. The van der Waals surface area contributed by atoms with Crippen LogP contribution in [0.4, 0.5) is 5.82 Å². The van der Waals surface area contributed by atoms with Crippen molar-refractivity contribution in [2.75, 3.05) is 0 Å². The number of nitrogens with one attached hydrogen (secondary N) is 1. The first kappa shape index (κ1) is 7.79. The Morgan fingerprint density at radius 2 is 2.36 bits per heavy atom. The number of aryl methyl sites for hydroxylation is 1. The molecule has 0 aliphatic heterocycles. The number of aromatic nitrogens is 1. The van der Waals surface area contributed by atoms with Crippen LogP contribution in [-0.4, -0.2) is 11.2 Å². The van der Waals surface area contributed by atoms with Gasteiger partial charge in [-0.25, -0.2) is 4.99 Å². The highest BCUT2D eigenvalue weighted by atomic mass is 14.9. The summed E-state index contributed by atoms with van der Waals surface area (Å²) in [6.07, 6.45) is 3.56. The van der Waals surface area contributed by atoms with Gasteiger partial charge in [-0.2, -0.15) is 0 Å². The molecule has 0 saturated carbocycles. The minimum atomic E-state index is 0.889. The molecule has 0 fully saturated rings. The van der Waals surface area contributed by atoms with Gasteiger partial charge in [0.15, 0.2) is 0 Å². The lowest BCUT2D eigenvalue weighted by Gasteiger charge is -1.87. The molecule has 2 heteroatoms. The topological polar surface area (TPSA) is 28.1 Å². The lowest BCUT2D eigenvalue weighted by atomic mass is 10.3. The lowest BCUT2D eigenvalue weighted by Crippen LogP contribution is -1.68. The standard InChI is InChI=1S/C9H12N2/c1-4-8-6-7(3)11-9(8)10-5-2/h4-6,11H,1H2,2-3H3/b10-5-. The Morgan fingerprint density at radius 3 is 2.91 bits per heavy atom. The van der Waals surface area contributed by atoms with Gasteiger partial charge in [0.05, 0.1) is 0 Å². The number of nitrogens with zero attached hydrogens (tertiary/aromatic N) is 1. The van der Waals surface area contributed by atoms with E-state index in [1.807, 2.05) is 19.9 Å². The van der Waals surface area contributed by atoms with Gasteiger partial charge in [0, 0.05) is 17.5 Å². The van der Waals surface area contributed by atoms with Crippen LogP contribution in [0.5, 0.6) is 0 Å². The summed E-state index contributed by atoms with van der Waals surface area (Å²) >= 11 is 0. The van der Waals surface area contributed by atoms with Gasteiger partial charge in [-0.3, -0.25) is 0 Å². The Bertz CT molecular complexity index is 282. The molecule has 58 valence electrons. The van der Waals surface area contributed by atoms with Crippen molar-refractivity contribution in [3.63, 3.8) is 0 Å². The fraction of sp³-hybridized carbons (Fsp3) is 0.222. The molecule has 0 radical (unpaired) electrons. The normalized spacial score (nSPS) is 10.7. The summed E-state index contributed by atoms with van der Waals surface area (Å²) < 4.78 is 0. The van der Waals surface area contributed by atoms with Gasteiger partial charge in [0.1, 0.15) is 5.82 Å². The van der Waals surface area contributed by atoms with Crippen LogP contribution in [0.1, 0.15) is 18.2 Å². The molecule has 0 aliphatic carbocycles. The average Bonchev–Trinajstić information content (AvgIpc) is 2.32. The van der Waals surface area contributed by atoms with E-state index in [9.17, 15) is 0 Å². The van der Waals surface area contributed by atoms with E-state index < -0.39 is 0 Å². The number of aliphatic imine (C=N–C) groups is 1. The Kier molecular flexibility index (Phi) is 2.26. The first-order valence-electron chi connectivity index (χ1n) is 3.58. The third kappa shape index (κ3) is 1.58. The van der Waals surface area contributed by atoms with Gasteiger partial charge in [0.2, 0.25) is 0 Å². The highest BCUT2D eigenvalue weighted by molar-refractivity contribution is 5.67. The van der Waals surface area contributed by atoms with Crippen LogP contribution in [-0.2, 0) is 0 Å². The molecule has 0 unspecified atom stereocenters. The largest absolute Gasteiger partial charge is 0.344 e. The van der Waals surface area contributed by atoms with Crippen LogP contribution >= 0.6 is 0 Å². The second-order valence-electron chi connectivity index (χ2n) is 2.35. The Balaban J connectivity index is 3.11. The van der Waals surface area contributed by atoms with Gasteiger partial charge in [-0.05, 0) is 19.9 Å². The number of aromatic amines is 1. The van der Waals surface area contributed by atoms with Crippen molar-refractivity contribution in [1.82, 2.24) is 4.98 Å². The van der Waals surface area contributed by atoms with Crippen LogP contribution in [0, 0.1) is 6.92 Å². The molecule has 0 amide bonds. The fourth-order valence-electron chi connectivity index (χ4n) is 0.988. The molecule has 2 nitrogen and oxygen atoms in total. The van der Waals surface area contributed by atoms with Crippen molar-refractivity contribution in [2.24, 2.45) is 4.99 Å². The molecule has 1 heterocycles. The Morgan fingerprint density at radius 1 is 1.64 bits per heavy atom. The summed E-state index contributed by atoms with van der Waals surface area (Å²) in [5, 5.41) is 0. The summed E-state index contributed by atoms with van der Waals surface area (Å²) in [5.74, 6) is 0.889. The predicted octanol–water partition coefficient (Wildman–Crippen LogP) is 2.69. The minimum absolute atomic E-state index is 0.889. The van der Waals surface area contributed by atoms with Crippen molar-refractivity contribution >= 4 is 18.1 Å². The smallest absolute Gasteiger partial charge is 0.136 e. The maximum atomic E-state index is 4.15. The maximum Gasteiger partial charge on any atom is 0.136 e. The van der Waals surface area contributed by atoms with Gasteiger partial charge in [-0.15, -0.1) is 0 Å². The van der Waals surface area contributed by atoms with Crippen molar-refractivity contribution in [2.45, 2.75) is 13.8 Å². The molecule has 0 saturated heterocycles. The number of hydrogen-bond acceptors (Lipinski definition) is 1. The molecule has 1 aromatic rings. The van der Waals surface area contributed by atoms with Gasteiger partial charge >= 0.3 is 0 Å². The van der Waals surface area contributed by atoms with E-state index in [1.165, 1.54) is 0 Å². The zero-order valence-electron chi connectivity index (χ0n) is 6.89. The van der Waals surface area contributed by atoms with E-state index in [0.29, 0.717) is 0 Å². The summed E-state index contributed by atoms with van der Waals surface area (Å²) in [7, 11) is 0. The quantitative estimate of drug-likeness (QED) is 0.624. The van der Waals surface area contributed by atoms with Gasteiger partial charge < -0.3 is 4.98 Å². The van der Waals surface area contributed by atoms with E-state index in [0.717, 1.165) is 17.1 Å². The molecule has 0 atom stereocenters. The monoisotopic (exact) mass is 148 g/mol. The fourth-order valence-corrected chi connectivity index (χ4v) is 0.988. The van der Waals surface area contributed by atoms with Gasteiger partial charge in [-0.1, -0.05) is 12.7 Å². The van der Waals surface area contributed by atoms with Crippen LogP contribution in [0.25, 0.3) is 6.08 Å². The van der Waals surface area contributed by atoms with E-state index in [1.54, 1.807) is 12.3 Å². The molecule has 1 aromatic heterocycles. The van der Waals surface area contributed by atoms with Crippen molar-refractivity contribution < 1.29 is 0 Å². The Hall–Kier alpha value is -1.31. The zero-order chi connectivity index (χ0) is 8.27. The summed E-state index contributed by atoms with van der Waals surface area (Å²) in [5.41, 5.74) is 2.17. The van der Waals surface area contributed by atoms with E-state index in [4.69, 9.17) is 0 Å². The highest BCUT2D eigenvalue weighted by Gasteiger charge is 1.98. The van der Waals surface area contributed by atoms with Crippen molar-refractivity contribution in [1.29, 1.82) is 0 Å². The summed E-state index contributed by atoms with van der Waals surface area (Å²) in [4.78, 5) is 7.27. The second kappa shape index (κ2) is 3.19. The molecular weight excluding hydrogens is 136 g/mol. The molecule has 0 bridgehead atoms. The van der Waals surface area contributed by atoms with Crippen LogP contribution in [0.3, 0.4) is 0 Å². The zero-order valence-corrected chi connectivity index (χ0v) is 6.89. The third-order valence-electron chi connectivity index (χ3n) is 1.44. The minimum Gasteiger partial charge on any atom is -0.344 e. The molecule has 0 aromatic carbocycles. The average molecular weight is 148 g/mol. The maximum absolute atomic E-state index is 4.15. The lowest BCUT2D eigenvalue weighted by molar-refractivity contribution is 1.24. The third-order valence-corrected chi connectivity index (χ3v) is 1.44. The molecule has 1 rings (SSSR count). The highest BCUT2D eigenvalue weighted by Crippen LogP contribution is 2.19. The molecule has 11 heavy (non-hydrogen) atoms. The molecule has 0 aliphatic rings. The predicted molar refractivity (Wildman–Crippen MR) is 49.4 cm³/mol. The number of hydrogen-bond donors (Lipinski definition) is 1. The molecule has 1 N–H and O–H groups in total. The van der Waals surface area contributed by atoms with E-state index in [2.05, 4.69) is 16.6 Å². The van der Waals surface area contributed by atoms with E-state index in [-0.39, 0.29) is 0 Å². The SMILES string of the molecule is C=Cc1cc(C)[nH]c1/N=C\C. The van der Waals surface area contributed by atoms with Crippen LogP contribution < -0.4 is 0 Å². The van der Waals surface area contributed by atoms with E-state index >= 15 is 0 Å². The Labute approximate surface area is 66.7 Å². The van der Waals surface area contributed by atoms with Gasteiger partial charge in [0.25, 0.3) is 0 Å². The second-order valence-corrected chi connectivity index (χ2v) is 2.35. The first-order valence-corrected chi connectivity index (χ1v) is 3.58. The van der Waals surface area contributed by atoms with Crippen LogP contribution in [0.15, 0.2) is 17.6 Å². The first-order chi connectivity index (χ1) is 5.27. The number of rotatable bonds is 2. The summed E-state index contributed by atoms with van der Waals surface area (Å²) in [6.45, 7) is 7.59. The van der Waals surface area contributed by atoms with Crippen molar-refractivity contribution in [3.8, 4) is 0 Å². The van der Waals surface area contributed by atoms with Crippen molar-refractivity contribution in [3.05, 3.63) is 23.9 Å². The number of H-pyrrole nitrogens is 1. The van der Waals surface area contributed by atoms with Crippen LogP contribution in [0.2, 0.25) is 0 Å². The molecular formula is C9H12N2. The molecule has 0 spiro atoms.